The molecule has 1 atom stereocenters. The second-order valence-electron chi connectivity index (χ2n) is 6.27. The Balaban J connectivity index is 1.50. The highest BCUT2D eigenvalue weighted by Gasteiger charge is 2.25. The summed E-state index contributed by atoms with van der Waals surface area (Å²) in [6.45, 7) is 6.18. The number of hydrogen-bond acceptors (Lipinski definition) is 4. The van der Waals surface area contributed by atoms with Gasteiger partial charge in [-0.3, -0.25) is 14.0 Å². The van der Waals surface area contributed by atoms with Crippen LogP contribution in [-0.4, -0.2) is 42.4 Å². The fraction of sp³-hybridized carbons (Fsp3) is 0.471. The van der Waals surface area contributed by atoms with Gasteiger partial charge in [0.25, 0.3) is 0 Å². The molecule has 0 aliphatic carbocycles. The van der Waals surface area contributed by atoms with Crippen LogP contribution >= 0.6 is 0 Å². The fourth-order valence-electron chi connectivity index (χ4n) is 3.47. The van der Waals surface area contributed by atoms with Crippen molar-refractivity contribution in [3.05, 3.63) is 48.2 Å². The van der Waals surface area contributed by atoms with Gasteiger partial charge in [0.15, 0.2) is 5.65 Å². The zero-order valence-corrected chi connectivity index (χ0v) is 13.5. The molecule has 6 nitrogen and oxygen atoms in total. The van der Waals surface area contributed by atoms with Crippen molar-refractivity contribution in [2.24, 2.45) is 0 Å². The Hall–Kier alpha value is -2.21. The first kappa shape index (κ1) is 14.4. The molecule has 1 aliphatic heterocycles. The molecule has 1 fully saturated rings. The predicted octanol–water partition coefficient (Wildman–Crippen LogP) is 2.33. The molecule has 0 amide bonds. The summed E-state index contributed by atoms with van der Waals surface area (Å²) in [4.78, 5) is 2.51. The van der Waals surface area contributed by atoms with Crippen molar-refractivity contribution in [3.63, 3.8) is 0 Å². The normalized spacial score (nSPS) is 19.4. The van der Waals surface area contributed by atoms with Crippen LogP contribution in [0, 0.1) is 0 Å². The lowest BCUT2D eigenvalue weighted by Gasteiger charge is -2.31. The van der Waals surface area contributed by atoms with Gasteiger partial charge >= 0.3 is 0 Å². The third kappa shape index (κ3) is 2.86. The van der Waals surface area contributed by atoms with Gasteiger partial charge in [-0.15, -0.1) is 10.2 Å². The van der Waals surface area contributed by atoms with Crippen LogP contribution in [0.2, 0.25) is 0 Å². The van der Waals surface area contributed by atoms with E-state index in [2.05, 4.69) is 43.9 Å². The van der Waals surface area contributed by atoms with Gasteiger partial charge in [0.1, 0.15) is 5.82 Å². The van der Waals surface area contributed by atoms with Crippen LogP contribution in [-0.2, 0) is 13.1 Å². The van der Waals surface area contributed by atoms with E-state index in [0.29, 0.717) is 5.92 Å². The topological polar surface area (TPSA) is 51.2 Å². The SMILES string of the molecule is CCn1cc(CN2CCC[C@@H](c3nnc4ccccn34)C2)cn1. The molecule has 6 heteroatoms. The van der Waals surface area contributed by atoms with Crippen molar-refractivity contribution in [2.75, 3.05) is 13.1 Å². The molecule has 1 aliphatic rings. The molecule has 3 aromatic rings. The maximum absolute atomic E-state index is 4.45. The van der Waals surface area contributed by atoms with Gasteiger partial charge in [-0.05, 0) is 38.4 Å². The first-order valence-corrected chi connectivity index (χ1v) is 8.37. The molecule has 0 spiro atoms. The highest BCUT2D eigenvalue weighted by atomic mass is 15.3. The van der Waals surface area contributed by atoms with E-state index in [1.807, 2.05) is 29.1 Å². The summed E-state index contributed by atoms with van der Waals surface area (Å²) in [5.74, 6) is 1.54. The van der Waals surface area contributed by atoms with Crippen LogP contribution < -0.4 is 0 Å². The van der Waals surface area contributed by atoms with Crippen LogP contribution in [0.4, 0.5) is 0 Å². The summed E-state index contributed by atoms with van der Waals surface area (Å²) < 4.78 is 4.12. The Morgan fingerprint density at radius 2 is 2.22 bits per heavy atom. The number of likely N-dealkylation sites (tertiary alicyclic amines) is 1. The number of nitrogens with zero attached hydrogens (tertiary/aromatic N) is 6. The minimum atomic E-state index is 0.447. The summed E-state index contributed by atoms with van der Waals surface area (Å²) in [5, 5.41) is 13.1. The molecule has 3 aromatic heterocycles. The molecule has 0 N–H and O–H groups in total. The van der Waals surface area contributed by atoms with Gasteiger partial charge < -0.3 is 0 Å². The maximum atomic E-state index is 4.45. The Morgan fingerprint density at radius 3 is 3.09 bits per heavy atom. The van der Waals surface area contributed by atoms with E-state index >= 15 is 0 Å². The standard InChI is InChI=1S/C17H22N6/c1-2-22-12-14(10-18-22)11-21-8-5-6-15(13-21)17-20-19-16-7-3-4-9-23(16)17/h3-4,7,9-10,12,15H,2,5-6,8,11,13H2,1H3/t15-/m1/s1. The van der Waals surface area contributed by atoms with E-state index in [1.54, 1.807) is 0 Å². The third-order valence-electron chi connectivity index (χ3n) is 4.63. The Labute approximate surface area is 135 Å². The number of piperidine rings is 1. The summed E-state index contributed by atoms with van der Waals surface area (Å²) in [7, 11) is 0. The quantitative estimate of drug-likeness (QED) is 0.742. The number of aromatic nitrogens is 5. The maximum Gasteiger partial charge on any atom is 0.160 e. The summed E-state index contributed by atoms with van der Waals surface area (Å²) >= 11 is 0. The minimum absolute atomic E-state index is 0.447. The molecule has 0 radical (unpaired) electrons. The molecule has 0 saturated carbocycles. The van der Waals surface area contributed by atoms with Crippen molar-refractivity contribution in [1.29, 1.82) is 0 Å². The van der Waals surface area contributed by atoms with E-state index in [0.717, 1.165) is 37.7 Å². The molecule has 1 saturated heterocycles. The van der Waals surface area contributed by atoms with Gasteiger partial charge in [-0.25, -0.2) is 0 Å². The average Bonchev–Trinajstić information content (AvgIpc) is 3.21. The van der Waals surface area contributed by atoms with Crippen molar-refractivity contribution in [2.45, 2.75) is 38.8 Å². The lowest BCUT2D eigenvalue weighted by atomic mass is 9.97. The minimum Gasteiger partial charge on any atom is -0.298 e. The Morgan fingerprint density at radius 1 is 1.26 bits per heavy atom. The molecule has 0 bridgehead atoms. The van der Waals surface area contributed by atoms with Crippen molar-refractivity contribution in [3.8, 4) is 0 Å². The predicted molar refractivity (Wildman–Crippen MR) is 88.1 cm³/mol. The third-order valence-corrected chi connectivity index (χ3v) is 4.63. The van der Waals surface area contributed by atoms with E-state index < -0.39 is 0 Å². The zero-order chi connectivity index (χ0) is 15.6. The molecular formula is C17H22N6. The monoisotopic (exact) mass is 310 g/mol. The lowest BCUT2D eigenvalue weighted by molar-refractivity contribution is 0.196. The second-order valence-corrected chi connectivity index (χ2v) is 6.27. The first-order valence-electron chi connectivity index (χ1n) is 8.37. The number of fused-ring (bicyclic) bond motifs is 1. The molecule has 0 unspecified atom stereocenters. The summed E-state index contributed by atoms with van der Waals surface area (Å²) in [5.41, 5.74) is 2.22. The summed E-state index contributed by atoms with van der Waals surface area (Å²) in [6.07, 6.45) is 8.58. The highest BCUT2D eigenvalue weighted by molar-refractivity contribution is 5.37. The van der Waals surface area contributed by atoms with Crippen LogP contribution in [0.5, 0.6) is 0 Å². The van der Waals surface area contributed by atoms with E-state index in [4.69, 9.17) is 0 Å². The molecule has 4 rings (SSSR count). The van der Waals surface area contributed by atoms with Gasteiger partial charge in [0.2, 0.25) is 0 Å². The van der Waals surface area contributed by atoms with Gasteiger partial charge in [0.05, 0.1) is 6.20 Å². The largest absolute Gasteiger partial charge is 0.298 e. The zero-order valence-electron chi connectivity index (χ0n) is 13.5. The van der Waals surface area contributed by atoms with E-state index in [9.17, 15) is 0 Å². The number of pyridine rings is 1. The van der Waals surface area contributed by atoms with Gasteiger partial charge in [-0.1, -0.05) is 6.07 Å². The molecule has 0 aromatic carbocycles. The van der Waals surface area contributed by atoms with Gasteiger partial charge in [0, 0.05) is 43.5 Å². The van der Waals surface area contributed by atoms with Crippen LogP contribution in [0.1, 0.15) is 37.1 Å². The van der Waals surface area contributed by atoms with E-state index in [-0.39, 0.29) is 0 Å². The molecule has 4 heterocycles. The van der Waals surface area contributed by atoms with Gasteiger partial charge in [-0.2, -0.15) is 5.10 Å². The average molecular weight is 310 g/mol. The molecular weight excluding hydrogens is 288 g/mol. The van der Waals surface area contributed by atoms with Crippen LogP contribution in [0.15, 0.2) is 36.8 Å². The van der Waals surface area contributed by atoms with Crippen molar-refractivity contribution in [1.82, 2.24) is 29.3 Å². The molecule has 23 heavy (non-hydrogen) atoms. The Kier molecular flexibility index (Phi) is 3.83. The van der Waals surface area contributed by atoms with Crippen LogP contribution in [0.25, 0.3) is 5.65 Å². The highest BCUT2D eigenvalue weighted by Crippen LogP contribution is 2.26. The fourth-order valence-corrected chi connectivity index (χ4v) is 3.47. The van der Waals surface area contributed by atoms with Crippen molar-refractivity contribution < 1.29 is 0 Å². The summed E-state index contributed by atoms with van der Waals surface area (Å²) in [6, 6.07) is 6.06. The smallest absolute Gasteiger partial charge is 0.160 e. The van der Waals surface area contributed by atoms with Crippen LogP contribution in [0.3, 0.4) is 0 Å². The van der Waals surface area contributed by atoms with E-state index in [1.165, 1.54) is 18.4 Å². The second kappa shape index (κ2) is 6.12. The van der Waals surface area contributed by atoms with Crippen molar-refractivity contribution >= 4 is 5.65 Å². The first-order chi connectivity index (χ1) is 11.3. The Bertz CT molecular complexity index is 789. The molecule has 120 valence electrons. The lowest BCUT2D eigenvalue weighted by Crippen LogP contribution is -2.34. The number of aryl methyl sites for hydroxylation is 1. The number of rotatable bonds is 4. The number of hydrogen-bond donors (Lipinski definition) is 0.